The Hall–Kier alpha value is -1.91. The van der Waals surface area contributed by atoms with Crippen LogP contribution >= 0.6 is 0 Å². The van der Waals surface area contributed by atoms with Crippen LogP contribution in [-0.4, -0.2) is 0 Å². The van der Waals surface area contributed by atoms with E-state index in [1.165, 1.54) is 12.1 Å². The average Bonchev–Trinajstić information content (AvgIpc) is 2.82. The third kappa shape index (κ3) is 2.85. The quantitative estimate of drug-likeness (QED) is 0.875. The first kappa shape index (κ1) is 12.5. The number of alkyl halides is 3. The van der Waals surface area contributed by atoms with Crippen LogP contribution in [0.1, 0.15) is 24.3 Å². The molecule has 2 aromatic rings. The number of halogens is 3. The van der Waals surface area contributed by atoms with Crippen LogP contribution in [0.5, 0.6) is 0 Å². The minimum atomic E-state index is -4.30. The number of furan rings is 1. The van der Waals surface area contributed by atoms with E-state index in [2.05, 4.69) is 5.32 Å². The van der Waals surface area contributed by atoms with E-state index in [9.17, 15) is 13.2 Å². The topological polar surface area (TPSA) is 25.2 Å². The summed E-state index contributed by atoms with van der Waals surface area (Å²) < 4.78 is 42.3. The third-order valence-electron chi connectivity index (χ3n) is 2.57. The highest BCUT2D eigenvalue weighted by molar-refractivity contribution is 5.46. The molecular weight excluding hydrogens is 243 g/mol. The van der Waals surface area contributed by atoms with Crippen LogP contribution in [0.4, 0.5) is 18.9 Å². The van der Waals surface area contributed by atoms with Crippen LogP contribution in [0.2, 0.25) is 0 Å². The zero-order chi connectivity index (χ0) is 13.2. The summed E-state index contributed by atoms with van der Waals surface area (Å²) in [5, 5.41) is 3.06. The predicted molar refractivity (Wildman–Crippen MR) is 62.2 cm³/mol. The van der Waals surface area contributed by atoms with Crippen LogP contribution in [0.3, 0.4) is 0 Å². The van der Waals surface area contributed by atoms with Crippen LogP contribution in [0, 0.1) is 0 Å². The minimum absolute atomic E-state index is 0.100. The first-order valence-electron chi connectivity index (χ1n) is 5.44. The van der Waals surface area contributed by atoms with Gasteiger partial charge in [0.05, 0.1) is 17.9 Å². The van der Waals surface area contributed by atoms with E-state index >= 15 is 0 Å². The molecule has 0 bridgehead atoms. The highest BCUT2D eigenvalue weighted by atomic mass is 19.4. The Bertz CT molecular complexity index is 488. The van der Waals surface area contributed by atoms with Gasteiger partial charge in [0, 0.05) is 5.69 Å². The standard InChI is InChI=1S/C13H12F3NO/c1-9(12-3-2-8-18-12)17-11-6-4-10(5-7-11)13(14,15)16/h2-9,17H,1H3. The molecule has 1 aromatic carbocycles. The highest BCUT2D eigenvalue weighted by Gasteiger charge is 2.29. The van der Waals surface area contributed by atoms with E-state index in [4.69, 9.17) is 4.42 Å². The van der Waals surface area contributed by atoms with Gasteiger partial charge in [0.25, 0.3) is 0 Å². The smallest absolute Gasteiger partial charge is 0.416 e. The van der Waals surface area contributed by atoms with Crippen molar-refractivity contribution in [2.45, 2.75) is 19.1 Å². The summed E-state index contributed by atoms with van der Waals surface area (Å²) >= 11 is 0. The summed E-state index contributed by atoms with van der Waals surface area (Å²) in [5.74, 6) is 0.731. The van der Waals surface area contributed by atoms with Gasteiger partial charge < -0.3 is 9.73 Å². The Balaban J connectivity index is 2.07. The van der Waals surface area contributed by atoms with Crippen LogP contribution < -0.4 is 5.32 Å². The molecule has 1 heterocycles. The summed E-state index contributed by atoms with van der Waals surface area (Å²) in [6.45, 7) is 1.87. The van der Waals surface area contributed by atoms with Crippen molar-refractivity contribution >= 4 is 5.69 Å². The van der Waals surface area contributed by atoms with E-state index < -0.39 is 11.7 Å². The molecule has 0 aliphatic heterocycles. The Morgan fingerprint density at radius 1 is 1.11 bits per heavy atom. The van der Waals surface area contributed by atoms with Gasteiger partial charge in [0.2, 0.25) is 0 Å². The maximum atomic E-state index is 12.4. The molecule has 1 unspecified atom stereocenters. The van der Waals surface area contributed by atoms with Crippen molar-refractivity contribution in [1.82, 2.24) is 0 Å². The van der Waals surface area contributed by atoms with Crippen LogP contribution in [0.15, 0.2) is 47.1 Å². The fraction of sp³-hybridized carbons (Fsp3) is 0.231. The van der Waals surface area contributed by atoms with E-state index in [0.717, 1.165) is 17.9 Å². The van der Waals surface area contributed by atoms with Crippen LogP contribution in [0.25, 0.3) is 0 Å². The molecule has 0 aliphatic rings. The van der Waals surface area contributed by atoms with Gasteiger partial charge in [-0.3, -0.25) is 0 Å². The van der Waals surface area contributed by atoms with E-state index in [-0.39, 0.29) is 6.04 Å². The number of nitrogens with one attached hydrogen (secondary N) is 1. The first-order valence-corrected chi connectivity index (χ1v) is 5.44. The number of rotatable bonds is 3. The molecule has 0 spiro atoms. The van der Waals surface area contributed by atoms with Gasteiger partial charge in [-0.05, 0) is 43.3 Å². The fourth-order valence-corrected chi connectivity index (χ4v) is 1.61. The summed E-state index contributed by atoms with van der Waals surface area (Å²) in [6, 6.07) is 8.39. The summed E-state index contributed by atoms with van der Waals surface area (Å²) in [6.07, 6.45) is -2.74. The summed E-state index contributed by atoms with van der Waals surface area (Å²) in [5.41, 5.74) is -0.0365. The molecule has 0 radical (unpaired) electrons. The third-order valence-corrected chi connectivity index (χ3v) is 2.57. The summed E-state index contributed by atoms with van der Waals surface area (Å²) in [4.78, 5) is 0. The molecule has 2 rings (SSSR count). The second-order valence-corrected chi connectivity index (χ2v) is 3.96. The molecule has 2 nitrogen and oxygen atoms in total. The van der Waals surface area contributed by atoms with E-state index in [1.807, 2.05) is 13.0 Å². The minimum Gasteiger partial charge on any atom is -0.467 e. The number of anilines is 1. The Kier molecular flexibility index (Phi) is 3.32. The molecular formula is C13H12F3NO. The first-order chi connectivity index (χ1) is 8.47. The van der Waals surface area contributed by atoms with Gasteiger partial charge in [-0.2, -0.15) is 13.2 Å². The van der Waals surface area contributed by atoms with Crippen molar-refractivity contribution in [3.05, 3.63) is 54.0 Å². The normalized spacial score (nSPS) is 13.3. The fourth-order valence-electron chi connectivity index (χ4n) is 1.61. The number of hydrogen-bond acceptors (Lipinski definition) is 2. The molecule has 0 fully saturated rings. The maximum Gasteiger partial charge on any atom is 0.416 e. The van der Waals surface area contributed by atoms with Crippen LogP contribution in [-0.2, 0) is 6.18 Å². The van der Waals surface area contributed by atoms with Crippen molar-refractivity contribution in [1.29, 1.82) is 0 Å². The number of benzene rings is 1. The van der Waals surface area contributed by atoms with Crippen molar-refractivity contribution in [2.24, 2.45) is 0 Å². The molecule has 0 saturated carbocycles. The molecule has 1 aromatic heterocycles. The Morgan fingerprint density at radius 2 is 1.78 bits per heavy atom. The van der Waals surface area contributed by atoms with Gasteiger partial charge in [-0.1, -0.05) is 0 Å². The molecule has 0 aliphatic carbocycles. The predicted octanol–water partition coefficient (Wildman–Crippen LogP) is 4.47. The van der Waals surface area contributed by atoms with Gasteiger partial charge >= 0.3 is 6.18 Å². The molecule has 0 amide bonds. The zero-order valence-corrected chi connectivity index (χ0v) is 9.66. The van der Waals surface area contributed by atoms with Crippen molar-refractivity contribution in [3.8, 4) is 0 Å². The lowest BCUT2D eigenvalue weighted by Crippen LogP contribution is -2.07. The summed E-state index contributed by atoms with van der Waals surface area (Å²) in [7, 11) is 0. The zero-order valence-electron chi connectivity index (χ0n) is 9.66. The van der Waals surface area contributed by atoms with Gasteiger partial charge in [-0.15, -0.1) is 0 Å². The SMILES string of the molecule is CC(Nc1ccc(C(F)(F)F)cc1)c1ccco1. The number of hydrogen-bond donors (Lipinski definition) is 1. The van der Waals surface area contributed by atoms with E-state index in [0.29, 0.717) is 5.69 Å². The van der Waals surface area contributed by atoms with Crippen molar-refractivity contribution in [2.75, 3.05) is 5.32 Å². The largest absolute Gasteiger partial charge is 0.467 e. The second kappa shape index (κ2) is 4.76. The molecule has 0 saturated heterocycles. The Labute approximate surface area is 102 Å². The average molecular weight is 255 g/mol. The van der Waals surface area contributed by atoms with Crippen molar-refractivity contribution in [3.63, 3.8) is 0 Å². The van der Waals surface area contributed by atoms with Crippen molar-refractivity contribution < 1.29 is 17.6 Å². The van der Waals surface area contributed by atoms with E-state index in [1.54, 1.807) is 12.3 Å². The van der Waals surface area contributed by atoms with Gasteiger partial charge in [0.15, 0.2) is 0 Å². The molecule has 96 valence electrons. The van der Waals surface area contributed by atoms with Gasteiger partial charge in [-0.25, -0.2) is 0 Å². The lowest BCUT2D eigenvalue weighted by Gasteiger charge is -2.13. The maximum absolute atomic E-state index is 12.4. The monoisotopic (exact) mass is 255 g/mol. The highest BCUT2D eigenvalue weighted by Crippen LogP contribution is 2.30. The second-order valence-electron chi connectivity index (χ2n) is 3.96. The molecule has 5 heteroatoms. The molecule has 18 heavy (non-hydrogen) atoms. The van der Waals surface area contributed by atoms with Gasteiger partial charge in [0.1, 0.15) is 5.76 Å². The lowest BCUT2D eigenvalue weighted by atomic mass is 10.2. The Morgan fingerprint density at radius 3 is 2.28 bits per heavy atom. The molecule has 1 N–H and O–H groups in total. The molecule has 1 atom stereocenters. The lowest BCUT2D eigenvalue weighted by molar-refractivity contribution is -0.137.